The number of aromatic nitrogens is 2. The standard InChI is InChI=1S/C23H25N4O5/c1-32-21-4-2-3-19-17(21)7-9-24(19)10-8-22(28)25-12-15-11-16(14-25)18-5-6-20(27(30)31)23(29)26(18)13-15/h2-7,9,15-16,30H,8,10-14H2,1H3/q-1. The molecular formula is C23H25N4O5-. The number of carbonyl (C=O) groups is 1. The molecule has 1 aromatic carbocycles. The van der Waals surface area contributed by atoms with E-state index in [2.05, 4.69) is 4.57 Å². The number of fused-ring (bicyclic) bond motifs is 5. The summed E-state index contributed by atoms with van der Waals surface area (Å²) in [5, 5.41) is 21.0. The van der Waals surface area contributed by atoms with Crippen molar-refractivity contribution in [1.29, 1.82) is 0 Å². The van der Waals surface area contributed by atoms with Crippen molar-refractivity contribution in [3.8, 4) is 5.75 Å². The number of hydrogen-bond donors (Lipinski definition) is 1. The maximum atomic E-state index is 13.0. The predicted octanol–water partition coefficient (Wildman–Crippen LogP) is 2.54. The van der Waals surface area contributed by atoms with Crippen molar-refractivity contribution >= 4 is 22.5 Å². The summed E-state index contributed by atoms with van der Waals surface area (Å²) in [6.07, 6.45) is 3.28. The number of amides is 1. The third-order valence-corrected chi connectivity index (χ3v) is 6.70. The van der Waals surface area contributed by atoms with E-state index in [4.69, 9.17) is 9.94 Å². The molecule has 1 amide bonds. The Hall–Kier alpha value is -3.30. The van der Waals surface area contributed by atoms with Crippen molar-refractivity contribution in [1.82, 2.24) is 14.0 Å². The smallest absolute Gasteiger partial charge is 0.275 e. The molecule has 168 valence electrons. The van der Waals surface area contributed by atoms with Crippen molar-refractivity contribution in [2.45, 2.75) is 31.8 Å². The number of methoxy groups -OCH3 is 1. The lowest BCUT2D eigenvalue weighted by molar-refractivity contribution is -0.134. The molecule has 9 nitrogen and oxygen atoms in total. The number of rotatable bonds is 5. The molecule has 0 aliphatic carbocycles. The molecule has 2 unspecified atom stereocenters. The summed E-state index contributed by atoms with van der Waals surface area (Å²) < 4.78 is 9.06. The highest BCUT2D eigenvalue weighted by molar-refractivity contribution is 5.86. The van der Waals surface area contributed by atoms with E-state index in [0.29, 0.717) is 32.6 Å². The number of anilines is 1. The fourth-order valence-electron chi connectivity index (χ4n) is 5.23. The molecule has 0 saturated carbocycles. The number of carbonyl (C=O) groups excluding carboxylic acids is 1. The highest BCUT2D eigenvalue weighted by Gasteiger charge is 2.36. The van der Waals surface area contributed by atoms with Gasteiger partial charge in [-0.25, -0.2) is 0 Å². The first-order valence-electron chi connectivity index (χ1n) is 10.8. The van der Waals surface area contributed by atoms with Gasteiger partial charge in [0.15, 0.2) is 0 Å². The highest BCUT2D eigenvalue weighted by Crippen LogP contribution is 2.36. The van der Waals surface area contributed by atoms with Gasteiger partial charge in [0.1, 0.15) is 11.4 Å². The Bertz CT molecular complexity index is 1230. The molecule has 4 heterocycles. The molecule has 1 N–H and O–H groups in total. The van der Waals surface area contributed by atoms with Crippen molar-refractivity contribution in [3.05, 3.63) is 63.9 Å². The maximum absolute atomic E-state index is 13.0. The van der Waals surface area contributed by atoms with Gasteiger partial charge in [0.05, 0.1) is 12.6 Å². The van der Waals surface area contributed by atoms with Gasteiger partial charge in [-0.2, -0.15) is 0 Å². The lowest BCUT2D eigenvalue weighted by Gasteiger charge is -2.43. The molecule has 1 saturated heterocycles. The number of hydrogen-bond acceptors (Lipinski definition) is 6. The van der Waals surface area contributed by atoms with E-state index in [9.17, 15) is 14.8 Å². The Kier molecular flexibility index (Phi) is 5.15. The van der Waals surface area contributed by atoms with Crippen LogP contribution in [0.4, 0.5) is 5.69 Å². The van der Waals surface area contributed by atoms with Crippen LogP contribution in [0.1, 0.15) is 24.5 Å². The summed E-state index contributed by atoms with van der Waals surface area (Å²) in [6.45, 7) is 2.16. The first kappa shape index (κ1) is 20.6. The summed E-state index contributed by atoms with van der Waals surface area (Å²) in [5.74, 6) is 1.10. The fourth-order valence-corrected chi connectivity index (χ4v) is 5.23. The van der Waals surface area contributed by atoms with Crippen molar-refractivity contribution < 1.29 is 14.7 Å². The molecule has 9 heteroatoms. The zero-order valence-corrected chi connectivity index (χ0v) is 17.8. The quantitative estimate of drug-likeness (QED) is 0.616. The van der Waals surface area contributed by atoms with Crippen molar-refractivity contribution in [2.24, 2.45) is 5.92 Å². The van der Waals surface area contributed by atoms with Gasteiger partial charge in [0, 0.05) is 55.8 Å². The lowest BCUT2D eigenvalue weighted by atomic mass is 9.83. The minimum Gasteiger partial charge on any atom is -0.733 e. The van der Waals surface area contributed by atoms with Crippen LogP contribution in [-0.4, -0.2) is 45.3 Å². The number of pyridine rings is 1. The second-order valence-corrected chi connectivity index (χ2v) is 8.58. The van der Waals surface area contributed by atoms with E-state index in [0.717, 1.165) is 28.8 Å². The first-order chi connectivity index (χ1) is 15.5. The third-order valence-electron chi connectivity index (χ3n) is 6.70. The van der Waals surface area contributed by atoms with E-state index in [1.54, 1.807) is 17.7 Å². The Morgan fingerprint density at radius 2 is 2.06 bits per heavy atom. The number of piperidine rings is 1. The van der Waals surface area contributed by atoms with Crippen molar-refractivity contribution in [2.75, 3.05) is 25.4 Å². The second kappa shape index (κ2) is 7.99. The van der Waals surface area contributed by atoms with Gasteiger partial charge >= 0.3 is 0 Å². The Labute approximate surface area is 184 Å². The minimum atomic E-state index is -0.482. The van der Waals surface area contributed by atoms with E-state index in [-0.39, 0.29) is 28.7 Å². The highest BCUT2D eigenvalue weighted by atomic mass is 16.8. The Balaban J connectivity index is 1.30. The van der Waals surface area contributed by atoms with Gasteiger partial charge in [-0.15, -0.1) is 0 Å². The van der Waals surface area contributed by atoms with Crippen LogP contribution in [0.3, 0.4) is 0 Å². The number of ether oxygens (including phenoxy) is 1. The van der Waals surface area contributed by atoms with Crippen LogP contribution in [0.2, 0.25) is 0 Å². The molecule has 2 bridgehead atoms. The zero-order chi connectivity index (χ0) is 22.4. The topological polar surface area (TPSA) is 103 Å². The van der Waals surface area contributed by atoms with Gasteiger partial charge in [0.2, 0.25) is 5.91 Å². The average Bonchev–Trinajstić information content (AvgIpc) is 3.21. The van der Waals surface area contributed by atoms with Crippen LogP contribution in [0.25, 0.3) is 10.9 Å². The van der Waals surface area contributed by atoms with E-state index in [1.165, 1.54) is 6.07 Å². The molecule has 3 aromatic rings. The van der Waals surface area contributed by atoms with E-state index in [1.807, 2.05) is 35.4 Å². The number of nitrogens with zero attached hydrogens (tertiary/aromatic N) is 4. The van der Waals surface area contributed by atoms with Crippen LogP contribution >= 0.6 is 0 Å². The molecule has 2 aliphatic heterocycles. The van der Waals surface area contributed by atoms with Gasteiger partial charge in [-0.05, 0) is 42.7 Å². The Morgan fingerprint density at radius 3 is 2.84 bits per heavy atom. The molecule has 32 heavy (non-hydrogen) atoms. The molecule has 5 rings (SSSR count). The maximum Gasteiger partial charge on any atom is 0.275 e. The molecular weight excluding hydrogens is 412 g/mol. The normalized spacial score (nSPS) is 19.7. The molecule has 0 radical (unpaired) electrons. The summed E-state index contributed by atoms with van der Waals surface area (Å²) >= 11 is 0. The monoisotopic (exact) mass is 437 g/mol. The van der Waals surface area contributed by atoms with Gasteiger partial charge in [0.25, 0.3) is 5.56 Å². The number of aryl methyl sites for hydroxylation is 1. The van der Waals surface area contributed by atoms with Gasteiger partial charge < -0.3 is 29.2 Å². The van der Waals surface area contributed by atoms with Crippen LogP contribution in [0, 0.1) is 11.1 Å². The average molecular weight is 437 g/mol. The number of benzene rings is 1. The molecule has 2 aliphatic rings. The summed E-state index contributed by atoms with van der Waals surface area (Å²) in [7, 11) is 1.65. The van der Waals surface area contributed by atoms with Crippen LogP contribution in [0.15, 0.2) is 47.4 Å². The summed E-state index contributed by atoms with van der Waals surface area (Å²) in [6, 6.07) is 11.0. The Morgan fingerprint density at radius 1 is 1.22 bits per heavy atom. The SMILES string of the molecule is COc1cccc2c1ccn2CCC(=O)N1CC2CC(C1)c1ccc(N([O-])O)c(=O)n1C2. The first-order valence-corrected chi connectivity index (χ1v) is 10.8. The largest absolute Gasteiger partial charge is 0.733 e. The number of likely N-dealkylation sites (tertiary alicyclic amines) is 1. The fraction of sp³-hybridized carbons (Fsp3) is 0.391. The summed E-state index contributed by atoms with van der Waals surface area (Å²) in [5.41, 5.74) is 1.09. The molecule has 0 spiro atoms. The zero-order valence-electron chi connectivity index (χ0n) is 17.8. The van der Waals surface area contributed by atoms with E-state index >= 15 is 0 Å². The van der Waals surface area contributed by atoms with Crippen LogP contribution in [0.5, 0.6) is 5.75 Å². The van der Waals surface area contributed by atoms with E-state index < -0.39 is 5.56 Å². The van der Waals surface area contributed by atoms with Crippen LogP contribution < -0.4 is 15.5 Å². The molecule has 2 aromatic heterocycles. The molecule has 2 atom stereocenters. The van der Waals surface area contributed by atoms with Gasteiger partial charge in [-0.3, -0.25) is 14.8 Å². The van der Waals surface area contributed by atoms with Gasteiger partial charge in [-0.1, -0.05) is 6.07 Å². The lowest BCUT2D eigenvalue weighted by Crippen LogP contribution is -2.49. The predicted molar refractivity (Wildman–Crippen MR) is 119 cm³/mol. The van der Waals surface area contributed by atoms with Crippen LogP contribution in [-0.2, 0) is 17.9 Å². The molecule has 1 fully saturated rings. The van der Waals surface area contributed by atoms with Crippen molar-refractivity contribution in [3.63, 3.8) is 0 Å². The third kappa shape index (κ3) is 3.43. The second-order valence-electron chi connectivity index (χ2n) is 8.58. The summed E-state index contributed by atoms with van der Waals surface area (Å²) in [4.78, 5) is 27.5. The minimum absolute atomic E-state index is 0.0451.